The molecule has 0 saturated heterocycles. The number of aromatic nitrogens is 1. The Balaban J connectivity index is 1.83. The van der Waals surface area contributed by atoms with Crippen molar-refractivity contribution in [1.82, 2.24) is 4.57 Å². The van der Waals surface area contributed by atoms with E-state index >= 15 is 0 Å². The van der Waals surface area contributed by atoms with Gasteiger partial charge in [-0.2, -0.15) is 0 Å². The predicted molar refractivity (Wildman–Crippen MR) is 99.8 cm³/mol. The van der Waals surface area contributed by atoms with Crippen LogP contribution in [0.4, 0.5) is 5.69 Å². The lowest BCUT2D eigenvalue weighted by molar-refractivity contribution is 0.475. The van der Waals surface area contributed by atoms with Gasteiger partial charge < -0.3 is 9.67 Å². The lowest BCUT2D eigenvalue weighted by atomic mass is 9.87. The highest BCUT2D eigenvalue weighted by Crippen LogP contribution is 2.24. The summed E-state index contributed by atoms with van der Waals surface area (Å²) in [6, 6.07) is 19.5. The summed E-state index contributed by atoms with van der Waals surface area (Å²) in [5, 5.41) is 9.42. The van der Waals surface area contributed by atoms with Gasteiger partial charge in [-0.3, -0.25) is 4.99 Å². The summed E-state index contributed by atoms with van der Waals surface area (Å²) in [6.45, 7) is 6.61. The van der Waals surface area contributed by atoms with Crippen LogP contribution in [-0.2, 0) is 5.41 Å². The summed E-state index contributed by atoms with van der Waals surface area (Å²) < 4.78 is 2.03. The number of rotatable bonds is 3. The summed E-state index contributed by atoms with van der Waals surface area (Å²) in [4.78, 5) is 4.58. The Bertz CT molecular complexity index is 835. The highest BCUT2D eigenvalue weighted by Gasteiger charge is 2.12. The molecule has 0 unspecified atom stereocenters. The molecule has 3 aromatic rings. The number of phenols is 1. The molecule has 24 heavy (non-hydrogen) atoms. The third-order valence-corrected chi connectivity index (χ3v) is 3.99. The fraction of sp³-hybridized carbons (Fsp3) is 0.190. The Morgan fingerprint density at radius 2 is 1.58 bits per heavy atom. The molecule has 122 valence electrons. The van der Waals surface area contributed by atoms with Gasteiger partial charge in [0.15, 0.2) is 0 Å². The lowest BCUT2D eigenvalue weighted by Crippen LogP contribution is -2.10. The zero-order valence-electron chi connectivity index (χ0n) is 14.3. The molecule has 0 aliphatic heterocycles. The first kappa shape index (κ1) is 16.1. The summed E-state index contributed by atoms with van der Waals surface area (Å²) in [5.74, 6) is 0.264. The number of benzene rings is 2. The number of hydrogen-bond donors (Lipinski definition) is 1. The fourth-order valence-corrected chi connectivity index (χ4v) is 2.54. The molecule has 1 N–H and O–H groups in total. The van der Waals surface area contributed by atoms with Crippen molar-refractivity contribution in [2.45, 2.75) is 26.2 Å². The van der Waals surface area contributed by atoms with Gasteiger partial charge in [0, 0.05) is 11.9 Å². The Hall–Kier alpha value is -2.81. The van der Waals surface area contributed by atoms with E-state index in [1.54, 1.807) is 12.1 Å². The number of hydrogen-bond acceptors (Lipinski definition) is 2. The molecule has 0 aliphatic rings. The molecule has 3 nitrogen and oxygen atoms in total. The minimum Gasteiger partial charge on any atom is -0.508 e. The van der Waals surface area contributed by atoms with E-state index in [1.165, 1.54) is 5.56 Å². The quantitative estimate of drug-likeness (QED) is 0.660. The van der Waals surface area contributed by atoms with Crippen LogP contribution in [0.25, 0.3) is 5.69 Å². The molecule has 0 spiro atoms. The summed E-state index contributed by atoms with van der Waals surface area (Å²) in [5.41, 5.74) is 4.36. The monoisotopic (exact) mass is 318 g/mol. The smallest absolute Gasteiger partial charge is 0.115 e. The van der Waals surface area contributed by atoms with Crippen molar-refractivity contribution < 1.29 is 5.11 Å². The summed E-state index contributed by atoms with van der Waals surface area (Å²) in [7, 11) is 0. The van der Waals surface area contributed by atoms with Gasteiger partial charge in [-0.1, -0.05) is 32.9 Å². The van der Waals surface area contributed by atoms with Crippen molar-refractivity contribution in [2.24, 2.45) is 4.99 Å². The molecule has 0 bridgehead atoms. The molecule has 0 aliphatic carbocycles. The van der Waals surface area contributed by atoms with E-state index in [1.807, 2.05) is 53.4 Å². The topological polar surface area (TPSA) is 37.5 Å². The van der Waals surface area contributed by atoms with Gasteiger partial charge in [0.2, 0.25) is 0 Å². The van der Waals surface area contributed by atoms with Gasteiger partial charge in [-0.25, -0.2) is 0 Å². The first-order valence-electron chi connectivity index (χ1n) is 8.05. The van der Waals surface area contributed by atoms with E-state index in [0.29, 0.717) is 0 Å². The second-order valence-electron chi connectivity index (χ2n) is 6.87. The maximum absolute atomic E-state index is 9.42. The predicted octanol–water partition coefficient (Wildman–Crippen LogP) is 5.23. The average Bonchev–Trinajstić information content (AvgIpc) is 3.02. The van der Waals surface area contributed by atoms with E-state index in [9.17, 15) is 5.11 Å². The molecule has 1 heterocycles. The standard InChI is InChI=1S/C21H22N2O/c1-21(2,3)16-6-8-17(9-7-16)22-15-19-5-4-14-23(19)18-10-12-20(24)13-11-18/h4-15,24H,1-3H3. The first-order valence-corrected chi connectivity index (χ1v) is 8.05. The minimum absolute atomic E-state index is 0.149. The van der Waals surface area contributed by atoms with Gasteiger partial charge in [-0.05, 0) is 59.5 Å². The molecular formula is C21H22N2O. The van der Waals surface area contributed by atoms with Crippen molar-refractivity contribution in [2.75, 3.05) is 0 Å². The molecule has 2 aromatic carbocycles. The van der Waals surface area contributed by atoms with Crippen molar-refractivity contribution in [3.05, 3.63) is 78.1 Å². The highest BCUT2D eigenvalue weighted by molar-refractivity contribution is 5.81. The average molecular weight is 318 g/mol. The zero-order valence-corrected chi connectivity index (χ0v) is 14.3. The maximum atomic E-state index is 9.42. The van der Waals surface area contributed by atoms with Gasteiger partial charge in [0.25, 0.3) is 0 Å². The molecule has 0 fully saturated rings. The molecule has 3 rings (SSSR count). The van der Waals surface area contributed by atoms with Crippen molar-refractivity contribution in [3.63, 3.8) is 0 Å². The molecule has 3 heteroatoms. The molecule has 0 atom stereocenters. The van der Waals surface area contributed by atoms with Gasteiger partial charge in [0.1, 0.15) is 5.75 Å². The largest absolute Gasteiger partial charge is 0.508 e. The SMILES string of the molecule is CC(C)(C)c1ccc(N=Cc2cccn2-c2ccc(O)cc2)cc1. The molecule has 0 radical (unpaired) electrons. The number of phenolic OH excluding ortho intramolecular Hbond substituents is 1. The van der Waals surface area contributed by atoms with Crippen molar-refractivity contribution >= 4 is 11.9 Å². The van der Waals surface area contributed by atoms with Gasteiger partial charge in [-0.15, -0.1) is 0 Å². The second kappa shape index (κ2) is 6.36. The summed E-state index contributed by atoms with van der Waals surface area (Å²) in [6.07, 6.45) is 3.84. The van der Waals surface area contributed by atoms with Crippen LogP contribution in [0.3, 0.4) is 0 Å². The maximum Gasteiger partial charge on any atom is 0.115 e. The highest BCUT2D eigenvalue weighted by atomic mass is 16.3. The Morgan fingerprint density at radius 1 is 0.917 bits per heavy atom. The van der Waals surface area contributed by atoms with E-state index < -0.39 is 0 Å². The minimum atomic E-state index is 0.149. The van der Waals surface area contributed by atoms with E-state index in [4.69, 9.17) is 0 Å². The van der Waals surface area contributed by atoms with Crippen LogP contribution in [-0.4, -0.2) is 15.9 Å². The van der Waals surface area contributed by atoms with E-state index in [0.717, 1.165) is 17.1 Å². The second-order valence-corrected chi connectivity index (χ2v) is 6.87. The number of aliphatic imine (C=N–C) groups is 1. The van der Waals surface area contributed by atoms with Gasteiger partial charge >= 0.3 is 0 Å². The Kier molecular flexibility index (Phi) is 4.26. The molecule has 0 amide bonds. The van der Waals surface area contributed by atoms with E-state index in [2.05, 4.69) is 37.9 Å². The van der Waals surface area contributed by atoms with Crippen molar-refractivity contribution in [3.8, 4) is 11.4 Å². The Morgan fingerprint density at radius 3 is 2.21 bits per heavy atom. The van der Waals surface area contributed by atoms with Crippen LogP contribution >= 0.6 is 0 Å². The fourth-order valence-electron chi connectivity index (χ4n) is 2.54. The molecular weight excluding hydrogens is 296 g/mol. The molecule has 1 aromatic heterocycles. The Labute approximate surface area is 142 Å². The number of nitrogens with zero attached hydrogens (tertiary/aromatic N) is 2. The van der Waals surface area contributed by atoms with Crippen LogP contribution in [0.5, 0.6) is 5.75 Å². The van der Waals surface area contributed by atoms with Crippen LogP contribution in [0, 0.1) is 0 Å². The first-order chi connectivity index (χ1) is 11.4. The van der Waals surface area contributed by atoms with Crippen molar-refractivity contribution in [1.29, 1.82) is 0 Å². The zero-order chi connectivity index (χ0) is 17.2. The molecule has 0 saturated carbocycles. The summed E-state index contributed by atoms with van der Waals surface area (Å²) >= 11 is 0. The van der Waals surface area contributed by atoms with Gasteiger partial charge in [0.05, 0.1) is 17.6 Å². The van der Waals surface area contributed by atoms with Crippen LogP contribution in [0.15, 0.2) is 71.9 Å². The lowest BCUT2D eigenvalue weighted by Gasteiger charge is -2.18. The van der Waals surface area contributed by atoms with Crippen LogP contribution in [0.2, 0.25) is 0 Å². The third kappa shape index (κ3) is 3.57. The van der Waals surface area contributed by atoms with Crippen LogP contribution < -0.4 is 0 Å². The number of aromatic hydroxyl groups is 1. The third-order valence-electron chi connectivity index (χ3n) is 3.99. The van der Waals surface area contributed by atoms with E-state index in [-0.39, 0.29) is 11.2 Å². The normalized spacial score (nSPS) is 12.0. The van der Waals surface area contributed by atoms with Crippen LogP contribution in [0.1, 0.15) is 32.0 Å².